The number of aromatic nitrogens is 1. The van der Waals surface area contributed by atoms with Crippen molar-refractivity contribution in [2.45, 2.75) is 39.7 Å². The summed E-state index contributed by atoms with van der Waals surface area (Å²) in [5.74, 6) is 0.836. The first kappa shape index (κ1) is 17.3. The second-order valence-corrected chi connectivity index (χ2v) is 6.17. The van der Waals surface area contributed by atoms with Gasteiger partial charge in [0.25, 0.3) is 0 Å². The van der Waals surface area contributed by atoms with Gasteiger partial charge < -0.3 is 15.8 Å². The molecule has 0 bridgehead atoms. The van der Waals surface area contributed by atoms with Crippen LogP contribution in [0.25, 0.3) is 17.0 Å². The van der Waals surface area contributed by atoms with Gasteiger partial charge in [-0.25, -0.2) is 0 Å². The van der Waals surface area contributed by atoms with Crippen molar-refractivity contribution < 1.29 is 4.74 Å². The van der Waals surface area contributed by atoms with Crippen LogP contribution in [-0.4, -0.2) is 24.7 Å². The zero-order valence-corrected chi connectivity index (χ0v) is 14.5. The minimum atomic E-state index is 0.336. The lowest BCUT2D eigenvalue weighted by molar-refractivity contribution is 0.415. The van der Waals surface area contributed by atoms with E-state index < -0.39 is 0 Å². The maximum Gasteiger partial charge on any atom is 0.121 e. The number of nitrogens with two attached hydrogens (primary N) is 1. The number of hydrogen-bond donors (Lipinski definition) is 2. The minimum Gasteiger partial charge on any atom is -0.497 e. The average Bonchev–Trinajstić information content (AvgIpc) is 2.52. The molecule has 4 heteroatoms. The highest BCUT2D eigenvalue weighted by atomic mass is 16.5. The SMILES string of the molecule is COc1cc(NC(C)CCCN)c2nccc(C=C(C)C)c2c1. The van der Waals surface area contributed by atoms with Gasteiger partial charge in [-0.1, -0.05) is 11.6 Å². The Morgan fingerprint density at radius 2 is 2.17 bits per heavy atom. The van der Waals surface area contributed by atoms with E-state index in [1.54, 1.807) is 7.11 Å². The number of allylic oxidation sites excluding steroid dienone is 1. The summed E-state index contributed by atoms with van der Waals surface area (Å²) in [6.45, 7) is 7.08. The second kappa shape index (κ2) is 7.97. The molecular weight excluding hydrogens is 286 g/mol. The number of pyridine rings is 1. The molecule has 4 nitrogen and oxygen atoms in total. The number of anilines is 1. The number of benzene rings is 1. The van der Waals surface area contributed by atoms with Gasteiger partial charge in [0.05, 0.1) is 18.3 Å². The summed E-state index contributed by atoms with van der Waals surface area (Å²) < 4.78 is 5.48. The molecule has 0 amide bonds. The third-order valence-corrected chi connectivity index (χ3v) is 3.78. The third kappa shape index (κ3) is 4.45. The number of methoxy groups -OCH3 is 1. The lowest BCUT2D eigenvalue weighted by atomic mass is 10.0. The van der Waals surface area contributed by atoms with Gasteiger partial charge in [-0.15, -0.1) is 0 Å². The van der Waals surface area contributed by atoms with E-state index in [9.17, 15) is 0 Å². The standard InChI is InChI=1S/C19H27N3O/c1-13(2)10-15-7-9-21-19-17(15)11-16(23-4)12-18(19)22-14(3)6-5-8-20/h7,9-12,14,22H,5-6,8,20H2,1-4H3. The number of rotatable bonds is 7. The smallest absolute Gasteiger partial charge is 0.121 e. The molecule has 2 aromatic rings. The molecule has 0 aliphatic rings. The molecule has 1 aromatic heterocycles. The Morgan fingerprint density at radius 1 is 1.39 bits per heavy atom. The Balaban J connectivity index is 2.49. The maximum atomic E-state index is 5.61. The second-order valence-electron chi connectivity index (χ2n) is 6.17. The summed E-state index contributed by atoms with van der Waals surface area (Å²) >= 11 is 0. The van der Waals surface area contributed by atoms with Crippen LogP contribution < -0.4 is 15.8 Å². The molecule has 0 spiro atoms. The van der Waals surface area contributed by atoms with Crippen LogP contribution in [0.1, 0.15) is 39.2 Å². The van der Waals surface area contributed by atoms with Gasteiger partial charge in [0.2, 0.25) is 0 Å². The van der Waals surface area contributed by atoms with Crippen molar-refractivity contribution in [1.29, 1.82) is 0 Å². The average molecular weight is 313 g/mol. The Labute approximate surface area is 138 Å². The van der Waals surface area contributed by atoms with Crippen molar-refractivity contribution in [1.82, 2.24) is 4.98 Å². The summed E-state index contributed by atoms with van der Waals surface area (Å²) in [6.07, 6.45) is 6.07. The predicted octanol–water partition coefficient (Wildman–Crippen LogP) is 4.21. The topological polar surface area (TPSA) is 60.2 Å². The zero-order chi connectivity index (χ0) is 16.8. The molecule has 1 atom stereocenters. The van der Waals surface area contributed by atoms with Crippen LogP contribution in [0.4, 0.5) is 5.69 Å². The van der Waals surface area contributed by atoms with E-state index >= 15 is 0 Å². The van der Waals surface area contributed by atoms with E-state index in [0.29, 0.717) is 12.6 Å². The van der Waals surface area contributed by atoms with E-state index in [1.807, 2.05) is 24.4 Å². The third-order valence-electron chi connectivity index (χ3n) is 3.78. The Kier molecular flexibility index (Phi) is 5.99. The number of hydrogen-bond acceptors (Lipinski definition) is 4. The van der Waals surface area contributed by atoms with Crippen LogP contribution in [0.3, 0.4) is 0 Å². The van der Waals surface area contributed by atoms with Gasteiger partial charge in [0, 0.05) is 23.7 Å². The van der Waals surface area contributed by atoms with E-state index in [-0.39, 0.29) is 0 Å². The Morgan fingerprint density at radius 3 is 2.83 bits per heavy atom. The zero-order valence-electron chi connectivity index (χ0n) is 14.5. The maximum absolute atomic E-state index is 5.61. The molecule has 1 unspecified atom stereocenters. The molecule has 23 heavy (non-hydrogen) atoms. The molecule has 0 aliphatic carbocycles. The fourth-order valence-electron chi connectivity index (χ4n) is 2.68. The minimum absolute atomic E-state index is 0.336. The van der Waals surface area contributed by atoms with Crippen LogP contribution in [0.5, 0.6) is 5.75 Å². The molecule has 0 saturated carbocycles. The molecule has 1 aromatic carbocycles. The molecule has 0 fully saturated rings. The lowest BCUT2D eigenvalue weighted by Gasteiger charge is -2.18. The normalized spacial score (nSPS) is 12.0. The van der Waals surface area contributed by atoms with Gasteiger partial charge in [-0.3, -0.25) is 4.98 Å². The van der Waals surface area contributed by atoms with Gasteiger partial charge in [0.1, 0.15) is 5.75 Å². The number of ether oxygens (including phenoxy) is 1. The van der Waals surface area contributed by atoms with Crippen molar-refractivity contribution in [3.8, 4) is 5.75 Å². The quantitative estimate of drug-likeness (QED) is 0.804. The van der Waals surface area contributed by atoms with Crippen LogP contribution >= 0.6 is 0 Å². The number of nitrogens with one attached hydrogen (secondary N) is 1. The fraction of sp³-hybridized carbons (Fsp3) is 0.421. The van der Waals surface area contributed by atoms with Crippen molar-refractivity contribution in [2.24, 2.45) is 5.73 Å². The van der Waals surface area contributed by atoms with Crippen LogP contribution in [-0.2, 0) is 0 Å². The molecular formula is C19H27N3O. The van der Waals surface area contributed by atoms with E-state index in [2.05, 4.69) is 37.1 Å². The summed E-state index contributed by atoms with van der Waals surface area (Å²) in [5, 5.41) is 4.65. The van der Waals surface area contributed by atoms with E-state index in [0.717, 1.165) is 40.7 Å². The molecule has 0 aliphatic heterocycles. The molecule has 0 radical (unpaired) electrons. The molecule has 0 saturated heterocycles. The largest absolute Gasteiger partial charge is 0.497 e. The highest BCUT2D eigenvalue weighted by molar-refractivity contribution is 5.97. The van der Waals surface area contributed by atoms with Gasteiger partial charge >= 0.3 is 0 Å². The van der Waals surface area contributed by atoms with Gasteiger partial charge in [-0.2, -0.15) is 0 Å². The van der Waals surface area contributed by atoms with Gasteiger partial charge in [-0.05, 0) is 57.9 Å². The number of fused-ring (bicyclic) bond motifs is 1. The van der Waals surface area contributed by atoms with E-state index in [4.69, 9.17) is 10.5 Å². The van der Waals surface area contributed by atoms with Crippen molar-refractivity contribution in [3.05, 3.63) is 35.5 Å². The summed E-state index contributed by atoms with van der Waals surface area (Å²) in [6, 6.07) is 6.44. The highest BCUT2D eigenvalue weighted by Gasteiger charge is 2.11. The molecule has 3 N–H and O–H groups in total. The predicted molar refractivity (Wildman–Crippen MR) is 99.0 cm³/mol. The van der Waals surface area contributed by atoms with Crippen LogP contribution in [0.2, 0.25) is 0 Å². The van der Waals surface area contributed by atoms with Crippen molar-refractivity contribution in [3.63, 3.8) is 0 Å². The summed E-state index contributed by atoms with van der Waals surface area (Å²) in [4.78, 5) is 4.59. The molecule has 1 heterocycles. The van der Waals surface area contributed by atoms with E-state index in [1.165, 1.54) is 5.57 Å². The summed E-state index contributed by atoms with van der Waals surface area (Å²) in [5.41, 5.74) is 10.0. The summed E-state index contributed by atoms with van der Waals surface area (Å²) in [7, 11) is 1.69. The van der Waals surface area contributed by atoms with Crippen LogP contribution in [0.15, 0.2) is 30.0 Å². The van der Waals surface area contributed by atoms with Crippen molar-refractivity contribution in [2.75, 3.05) is 19.0 Å². The van der Waals surface area contributed by atoms with Crippen LogP contribution in [0, 0.1) is 0 Å². The van der Waals surface area contributed by atoms with Crippen molar-refractivity contribution >= 4 is 22.7 Å². The Bertz CT molecular complexity index is 690. The highest BCUT2D eigenvalue weighted by Crippen LogP contribution is 2.31. The fourth-order valence-corrected chi connectivity index (χ4v) is 2.68. The monoisotopic (exact) mass is 313 g/mol. The number of nitrogens with zero attached hydrogens (tertiary/aromatic N) is 1. The lowest BCUT2D eigenvalue weighted by Crippen LogP contribution is -2.17. The first-order valence-corrected chi connectivity index (χ1v) is 8.13. The van der Waals surface area contributed by atoms with Gasteiger partial charge in [0.15, 0.2) is 0 Å². The Hall–Kier alpha value is -2.07. The molecule has 124 valence electrons. The first-order chi connectivity index (χ1) is 11.0. The molecule has 2 rings (SSSR count). The first-order valence-electron chi connectivity index (χ1n) is 8.13.